The first-order chi connectivity index (χ1) is 5.63. The van der Waals surface area contributed by atoms with Crippen molar-refractivity contribution >= 4 is 0 Å². The molecule has 1 aromatic rings. The van der Waals surface area contributed by atoms with Crippen LogP contribution in [0, 0.1) is 38.3 Å². The molecule has 12 heavy (non-hydrogen) atoms. The van der Waals surface area contributed by atoms with Gasteiger partial charge in [0.25, 0.3) is 0 Å². The maximum atomic E-state index is 12.6. The summed E-state index contributed by atoms with van der Waals surface area (Å²) in [7, 11) is 0. The number of halogens is 2. The highest BCUT2D eigenvalue weighted by atomic mass is 19.2. The van der Waals surface area contributed by atoms with Crippen LogP contribution < -0.4 is 0 Å². The minimum Gasteiger partial charge on any atom is -0.203 e. The summed E-state index contributed by atoms with van der Waals surface area (Å²) in [6.07, 6.45) is 8.00. The second-order valence-corrected chi connectivity index (χ2v) is 2.33. The summed E-state index contributed by atoms with van der Waals surface area (Å²) in [6, 6.07) is 3.13. The molecule has 2 heteroatoms. The predicted molar refractivity (Wildman–Crippen MR) is 45.7 cm³/mol. The van der Waals surface area contributed by atoms with Gasteiger partial charge in [-0.25, -0.2) is 8.78 Å². The third-order valence-corrected chi connectivity index (χ3v) is 1.47. The van der Waals surface area contributed by atoms with Gasteiger partial charge in [-0.2, -0.15) is 0 Å². The van der Waals surface area contributed by atoms with Crippen LogP contribution in [0.25, 0.3) is 0 Å². The number of terminal acetylenes is 1. The molecular formula is C10H10F2. The minimum absolute atomic E-state index is 0.350. The molecule has 1 rings (SSSR count). The first kappa shape index (κ1) is 10.6. The predicted octanol–water partition coefficient (Wildman–Crippen LogP) is 2.83. The Kier molecular flexibility index (Phi) is 3.99. The summed E-state index contributed by atoms with van der Waals surface area (Å²) in [5.74, 6) is -1.47. The highest BCUT2D eigenvalue weighted by Crippen LogP contribution is 2.13. The van der Waals surface area contributed by atoms with Crippen molar-refractivity contribution in [3.63, 3.8) is 0 Å². The van der Waals surface area contributed by atoms with Gasteiger partial charge in [0.05, 0.1) is 0 Å². The third kappa shape index (κ3) is 2.06. The standard InChI is InChI=1S/C8H8F2.C2H2/c1-5-3-4-6(2)8(10)7(5)9;1-2/h3-4H,1-2H3;1-2H. The molecule has 0 N–H and O–H groups in total. The fourth-order valence-electron chi connectivity index (χ4n) is 0.743. The van der Waals surface area contributed by atoms with E-state index in [1.165, 1.54) is 13.8 Å². The Hall–Kier alpha value is -1.36. The van der Waals surface area contributed by atoms with Gasteiger partial charge in [0.2, 0.25) is 0 Å². The quantitative estimate of drug-likeness (QED) is 0.522. The number of hydrogen-bond acceptors (Lipinski definition) is 0. The first-order valence-electron chi connectivity index (χ1n) is 3.37. The smallest absolute Gasteiger partial charge is 0.161 e. The summed E-state index contributed by atoms with van der Waals surface area (Å²) in [5.41, 5.74) is 0.700. The monoisotopic (exact) mass is 168 g/mol. The molecular weight excluding hydrogens is 158 g/mol. The van der Waals surface area contributed by atoms with Crippen LogP contribution in [0.2, 0.25) is 0 Å². The zero-order valence-corrected chi connectivity index (χ0v) is 7.07. The number of hydrogen-bond donors (Lipinski definition) is 0. The van der Waals surface area contributed by atoms with Gasteiger partial charge in [0.1, 0.15) is 0 Å². The van der Waals surface area contributed by atoms with Crippen molar-refractivity contribution in [1.29, 1.82) is 0 Å². The van der Waals surface area contributed by atoms with Crippen LogP contribution in [0.5, 0.6) is 0 Å². The summed E-state index contributed by atoms with van der Waals surface area (Å²) >= 11 is 0. The van der Waals surface area contributed by atoms with E-state index in [0.717, 1.165) is 0 Å². The fourth-order valence-corrected chi connectivity index (χ4v) is 0.743. The molecule has 0 aliphatic heterocycles. The summed E-state index contributed by atoms with van der Waals surface area (Å²) < 4.78 is 25.2. The number of aryl methyl sites for hydroxylation is 2. The molecule has 0 atom stereocenters. The number of rotatable bonds is 0. The van der Waals surface area contributed by atoms with Gasteiger partial charge in [-0.05, 0) is 25.0 Å². The Bertz CT molecular complexity index is 260. The maximum absolute atomic E-state index is 12.6. The van der Waals surface area contributed by atoms with E-state index in [2.05, 4.69) is 12.8 Å². The Morgan fingerprint density at radius 3 is 1.42 bits per heavy atom. The van der Waals surface area contributed by atoms with E-state index in [1.807, 2.05) is 0 Å². The van der Waals surface area contributed by atoms with Crippen LogP contribution in [-0.4, -0.2) is 0 Å². The lowest BCUT2D eigenvalue weighted by molar-refractivity contribution is 0.497. The molecule has 0 saturated carbocycles. The lowest BCUT2D eigenvalue weighted by atomic mass is 10.1. The zero-order valence-electron chi connectivity index (χ0n) is 7.07. The van der Waals surface area contributed by atoms with Crippen LogP contribution in [0.4, 0.5) is 8.78 Å². The summed E-state index contributed by atoms with van der Waals surface area (Å²) in [5, 5.41) is 0. The molecule has 1 aromatic carbocycles. The van der Waals surface area contributed by atoms with Gasteiger partial charge in [-0.1, -0.05) is 12.1 Å². The van der Waals surface area contributed by atoms with E-state index >= 15 is 0 Å². The topological polar surface area (TPSA) is 0 Å². The molecule has 0 radical (unpaired) electrons. The van der Waals surface area contributed by atoms with Gasteiger partial charge in [-0.3, -0.25) is 0 Å². The molecule has 0 heterocycles. The third-order valence-electron chi connectivity index (χ3n) is 1.47. The number of benzene rings is 1. The molecule has 0 nitrogen and oxygen atoms in total. The largest absolute Gasteiger partial charge is 0.203 e. The fraction of sp³-hybridized carbons (Fsp3) is 0.200. The SMILES string of the molecule is C#C.Cc1ccc(C)c(F)c1F. The summed E-state index contributed by atoms with van der Waals surface area (Å²) in [4.78, 5) is 0. The average Bonchev–Trinajstić information content (AvgIpc) is 2.12. The maximum Gasteiger partial charge on any atom is 0.161 e. The highest BCUT2D eigenvalue weighted by molar-refractivity contribution is 5.23. The Morgan fingerprint density at radius 1 is 0.917 bits per heavy atom. The zero-order chi connectivity index (χ0) is 9.72. The van der Waals surface area contributed by atoms with E-state index in [-0.39, 0.29) is 0 Å². The van der Waals surface area contributed by atoms with Crippen molar-refractivity contribution in [1.82, 2.24) is 0 Å². The Labute approximate surface area is 71.2 Å². The average molecular weight is 168 g/mol. The molecule has 0 unspecified atom stereocenters. The van der Waals surface area contributed by atoms with Crippen molar-refractivity contribution < 1.29 is 8.78 Å². The van der Waals surface area contributed by atoms with Crippen molar-refractivity contribution in [3.05, 3.63) is 34.9 Å². The van der Waals surface area contributed by atoms with Gasteiger partial charge in [0.15, 0.2) is 11.6 Å². The minimum atomic E-state index is -0.736. The van der Waals surface area contributed by atoms with Gasteiger partial charge in [-0.15, -0.1) is 12.8 Å². The van der Waals surface area contributed by atoms with E-state index in [1.54, 1.807) is 12.1 Å². The van der Waals surface area contributed by atoms with Crippen LogP contribution >= 0.6 is 0 Å². The van der Waals surface area contributed by atoms with Crippen LogP contribution in [0.1, 0.15) is 11.1 Å². The Balaban J connectivity index is 0.000000561. The van der Waals surface area contributed by atoms with Crippen molar-refractivity contribution in [2.75, 3.05) is 0 Å². The second kappa shape index (κ2) is 4.50. The molecule has 0 aromatic heterocycles. The first-order valence-corrected chi connectivity index (χ1v) is 3.37. The van der Waals surface area contributed by atoms with Crippen LogP contribution in [0.3, 0.4) is 0 Å². The molecule has 64 valence electrons. The Morgan fingerprint density at radius 2 is 1.17 bits per heavy atom. The molecule has 0 amide bonds. The van der Waals surface area contributed by atoms with Gasteiger partial charge < -0.3 is 0 Å². The molecule has 0 saturated heterocycles. The molecule has 0 aliphatic carbocycles. The normalized spacial score (nSPS) is 8.50. The second-order valence-electron chi connectivity index (χ2n) is 2.33. The van der Waals surface area contributed by atoms with E-state index in [0.29, 0.717) is 11.1 Å². The van der Waals surface area contributed by atoms with Crippen molar-refractivity contribution in [2.45, 2.75) is 13.8 Å². The molecule has 0 bridgehead atoms. The lowest BCUT2D eigenvalue weighted by Gasteiger charge is -1.99. The van der Waals surface area contributed by atoms with Crippen LogP contribution in [0.15, 0.2) is 12.1 Å². The van der Waals surface area contributed by atoms with Crippen molar-refractivity contribution in [2.24, 2.45) is 0 Å². The van der Waals surface area contributed by atoms with E-state index < -0.39 is 11.6 Å². The van der Waals surface area contributed by atoms with Crippen molar-refractivity contribution in [3.8, 4) is 12.8 Å². The van der Waals surface area contributed by atoms with Crippen LogP contribution in [-0.2, 0) is 0 Å². The van der Waals surface area contributed by atoms with E-state index in [9.17, 15) is 8.78 Å². The van der Waals surface area contributed by atoms with Gasteiger partial charge >= 0.3 is 0 Å². The summed E-state index contributed by atoms with van der Waals surface area (Å²) in [6.45, 7) is 3.08. The lowest BCUT2D eigenvalue weighted by Crippen LogP contribution is -1.91. The molecule has 0 spiro atoms. The highest BCUT2D eigenvalue weighted by Gasteiger charge is 2.05. The van der Waals surface area contributed by atoms with Gasteiger partial charge in [0, 0.05) is 0 Å². The van der Waals surface area contributed by atoms with E-state index in [4.69, 9.17) is 0 Å². The molecule has 0 aliphatic rings. The molecule has 0 fully saturated rings.